The van der Waals surface area contributed by atoms with Crippen LogP contribution in [0.4, 0.5) is 0 Å². The lowest BCUT2D eigenvalue weighted by atomic mass is 10.1. The lowest BCUT2D eigenvalue weighted by Crippen LogP contribution is -2.27. The number of nitrogens with one attached hydrogen (secondary N) is 1. The third kappa shape index (κ3) is 3.96. The molecule has 2 aromatic carbocycles. The van der Waals surface area contributed by atoms with Gasteiger partial charge in [0.1, 0.15) is 11.5 Å². The molecule has 0 bridgehead atoms. The molecule has 0 saturated heterocycles. The first-order valence-electron chi connectivity index (χ1n) is 7.25. The Morgan fingerprint density at radius 3 is 2.48 bits per heavy atom. The van der Waals surface area contributed by atoms with Gasteiger partial charge in [0.2, 0.25) is 0 Å². The van der Waals surface area contributed by atoms with Gasteiger partial charge < -0.3 is 14.8 Å². The van der Waals surface area contributed by atoms with Crippen molar-refractivity contribution in [3.63, 3.8) is 0 Å². The van der Waals surface area contributed by atoms with Crippen molar-refractivity contribution >= 4 is 17.5 Å². The van der Waals surface area contributed by atoms with Gasteiger partial charge in [0.25, 0.3) is 5.91 Å². The minimum absolute atomic E-state index is 0.229. The summed E-state index contributed by atoms with van der Waals surface area (Å²) in [7, 11) is 3.19. The van der Waals surface area contributed by atoms with E-state index in [1.807, 2.05) is 38.1 Å². The second kappa shape index (κ2) is 7.38. The summed E-state index contributed by atoms with van der Waals surface area (Å²) in [5.41, 5.74) is 2.29. The van der Waals surface area contributed by atoms with E-state index in [1.165, 1.54) is 0 Å². The van der Waals surface area contributed by atoms with E-state index < -0.39 is 0 Å². The fraction of sp³-hybridized carbons (Fsp3) is 0.278. The van der Waals surface area contributed by atoms with Crippen molar-refractivity contribution in [2.24, 2.45) is 0 Å². The Morgan fingerprint density at radius 1 is 1.13 bits per heavy atom. The molecule has 1 atom stereocenters. The number of carbonyl (C=O) groups is 1. The van der Waals surface area contributed by atoms with Gasteiger partial charge in [-0.15, -0.1) is 0 Å². The monoisotopic (exact) mass is 333 g/mol. The Labute approximate surface area is 141 Å². The van der Waals surface area contributed by atoms with E-state index in [0.717, 1.165) is 11.1 Å². The topological polar surface area (TPSA) is 47.6 Å². The number of hydrogen-bond acceptors (Lipinski definition) is 3. The van der Waals surface area contributed by atoms with E-state index >= 15 is 0 Å². The lowest BCUT2D eigenvalue weighted by molar-refractivity contribution is 0.0939. The number of amides is 1. The molecule has 2 rings (SSSR count). The summed E-state index contributed by atoms with van der Waals surface area (Å²) in [5.74, 6) is 1.16. The number of methoxy groups -OCH3 is 2. The molecule has 0 fully saturated rings. The van der Waals surface area contributed by atoms with Gasteiger partial charge in [-0.3, -0.25) is 4.79 Å². The molecule has 0 spiro atoms. The highest BCUT2D eigenvalue weighted by Crippen LogP contribution is 2.29. The first kappa shape index (κ1) is 17.2. The van der Waals surface area contributed by atoms with E-state index in [1.54, 1.807) is 26.4 Å². The predicted molar refractivity (Wildman–Crippen MR) is 91.6 cm³/mol. The lowest BCUT2D eigenvalue weighted by Gasteiger charge is -2.18. The molecule has 0 heterocycles. The van der Waals surface area contributed by atoms with Crippen molar-refractivity contribution in [1.29, 1.82) is 0 Å². The van der Waals surface area contributed by atoms with Gasteiger partial charge in [0, 0.05) is 5.56 Å². The summed E-state index contributed by atoms with van der Waals surface area (Å²) in [6.45, 7) is 3.81. The van der Waals surface area contributed by atoms with Gasteiger partial charge in [-0.1, -0.05) is 17.7 Å². The van der Waals surface area contributed by atoms with Gasteiger partial charge in [-0.25, -0.2) is 0 Å². The fourth-order valence-corrected chi connectivity index (χ4v) is 2.66. The maximum atomic E-state index is 12.4. The van der Waals surface area contributed by atoms with E-state index in [9.17, 15) is 4.79 Å². The molecule has 1 amide bonds. The van der Waals surface area contributed by atoms with Crippen molar-refractivity contribution in [3.8, 4) is 11.5 Å². The molecule has 2 aromatic rings. The number of aryl methyl sites for hydroxylation is 1. The second-order valence-corrected chi connectivity index (χ2v) is 5.69. The predicted octanol–water partition coefficient (Wildman–Crippen LogP) is 4.16. The number of rotatable bonds is 5. The van der Waals surface area contributed by atoms with Crippen molar-refractivity contribution in [2.75, 3.05) is 14.2 Å². The van der Waals surface area contributed by atoms with Crippen LogP contribution >= 0.6 is 11.6 Å². The van der Waals surface area contributed by atoms with Crippen LogP contribution in [0.15, 0.2) is 36.4 Å². The maximum Gasteiger partial charge on any atom is 0.253 e. The molecule has 0 unspecified atom stereocenters. The number of hydrogen-bond donors (Lipinski definition) is 1. The minimum Gasteiger partial charge on any atom is -0.497 e. The van der Waals surface area contributed by atoms with Gasteiger partial charge in [-0.05, 0) is 49.7 Å². The molecule has 1 N–H and O–H groups in total. The summed E-state index contributed by atoms with van der Waals surface area (Å²) in [5, 5.41) is 3.38. The summed E-state index contributed by atoms with van der Waals surface area (Å²) >= 11 is 6.15. The van der Waals surface area contributed by atoms with Gasteiger partial charge in [-0.2, -0.15) is 0 Å². The van der Waals surface area contributed by atoms with E-state index in [2.05, 4.69) is 5.32 Å². The van der Waals surface area contributed by atoms with Crippen LogP contribution < -0.4 is 14.8 Å². The number of halogens is 1. The summed E-state index contributed by atoms with van der Waals surface area (Å²) in [6.07, 6.45) is 0. The zero-order valence-electron chi connectivity index (χ0n) is 13.6. The summed E-state index contributed by atoms with van der Waals surface area (Å²) in [4.78, 5) is 12.4. The van der Waals surface area contributed by atoms with Gasteiger partial charge in [0.05, 0.1) is 30.8 Å². The van der Waals surface area contributed by atoms with E-state index in [-0.39, 0.29) is 11.9 Å². The smallest absolute Gasteiger partial charge is 0.253 e. The van der Waals surface area contributed by atoms with E-state index in [0.29, 0.717) is 22.1 Å². The molecule has 0 radical (unpaired) electrons. The molecular weight excluding hydrogens is 314 g/mol. The molecule has 0 aliphatic rings. The van der Waals surface area contributed by atoms with Crippen molar-refractivity contribution < 1.29 is 14.3 Å². The molecule has 23 heavy (non-hydrogen) atoms. The van der Waals surface area contributed by atoms with Crippen molar-refractivity contribution in [1.82, 2.24) is 5.32 Å². The minimum atomic E-state index is -0.259. The second-order valence-electron chi connectivity index (χ2n) is 5.29. The van der Waals surface area contributed by atoms with Crippen LogP contribution in [0, 0.1) is 6.92 Å². The van der Waals surface area contributed by atoms with Crippen LogP contribution in [-0.4, -0.2) is 20.1 Å². The first-order chi connectivity index (χ1) is 11.0. The highest BCUT2D eigenvalue weighted by molar-refractivity contribution is 6.33. The molecule has 0 aromatic heterocycles. The molecule has 0 saturated carbocycles. The molecule has 122 valence electrons. The third-order valence-electron chi connectivity index (χ3n) is 3.62. The first-order valence-corrected chi connectivity index (χ1v) is 7.63. The van der Waals surface area contributed by atoms with Gasteiger partial charge in [0.15, 0.2) is 0 Å². The Kier molecular flexibility index (Phi) is 5.50. The quantitative estimate of drug-likeness (QED) is 0.893. The zero-order chi connectivity index (χ0) is 17.0. The Morgan fingerprint density at radius 2 is 1.87 bits per heavy atom. The molecule has 0 aliphatic carbocycles. The Bertz CT molecular complexity index is 715. The molecule has 5 heteroatoms. The van der Waals surface area contributed by atoms with Crippen LogP contribution in [-0.2, 0) is 0 Å². The van der Waals surface area contributed by atoms with Crippen LogP contribution in [0.25, 0.3) is 0 Å². The average Bonchev–Trinajstić information content (AvgIpc) is 2.53. The van der Waals surface area contributed by atoms with Crippen LogP contribution in [0.5, 0.6) is 11.5 Å². The molecule has 4 nitrogen and oxygen atoms in total. The van der Waals surface area contributed by atoms with Gasteiger partial charge >= 0.3 is 0 Å². The van der Waals surface area contributed by atoms with Crippen LogP contribution in [0.2, 0.25) is 5.02 Å². The molecular formula is C18H20ClNO3. The van der Waals surface area contributed by atoms with Crippen LogP contribution in [0.3, 0.4) is 0 Å². The number of benzene rings is 2. The molecule has 0 aliphatic heterocycles. The fourth-order valence-electron chi connectivity index (χ4n) is 2.33. The zero-order valence-corrected chi connectivity index (χ0v) is 14.4. The summed E-state index contributed by atoms with van der Waals surface area (Å²) < 4.78 is 10.6. The summed E-state index contributed by atoms with van der Waals surface area (Å²) in [6, 6.07) is 10.6. The number of carbonyl (C=O) groups excluding carboxylic acids is 1. The largest absolute Gasteiger partial charge is 0.497 e. The normalized spacial score (nSPS) is 11.7. The Hall–Kier alpha value is -2.20. The third-order valence-corrected chi connectivity index (χ3v) is 3.93. The van der Waals surface area contributed by atoms with Crippen LogP contribution in [0.1, 0.15) is 34.5 Å². The maximum absolute atomic E-state index is 12.4. The van der Waals surface area contributed by atoms with E-state index in [4.69, 9.17) is 21.1 Å². The highest BCUT2D eigenvalue weighted by atomic mass is 35.5. The highest BCUT2D eigenvalue weighted by Gasteiger charge is 2.17. The Balaban J connectivity index is 2.24. The van der Waals surface area contributed by atoms with Crippen molar-refractivity contribution in [2.45, 2.75) is 19.9 Å². The SMILES string of the molecule is COc1ccc(OC)c([C@H](C)NC(=O)c2ccc(C)cc2Cl)c1. The van der Waals surface area contributed by atoms with Crippen molar-refractivity contribution in [3.05, 3.63) is 58.1 Å². The average molecular weight is 334 g/mol. The number of ether oxygens (including phenoxy) is 2. The standard InChI is InChI=1S/C18H20ClNO3/c1-11-5-7-14(16(19)9-11)18(21)20-12(2)15-10-13(22-3)6-8-17(15)23-4/h5-10,12H,1-4H3,(H,20,21)/t12-/m0/s1.